The second-order valence-electron chi connectivity index (χ2n) is 8.95. The van der Waals surface area contributed by atoms with Crippen LogP contribution in [0.5, 0.6) is 0 Å². The molecule has 0 saturated carbocycles. The molecule has 0 unspecified atom stereocenters. The maximum atomic E-state index is 13.6. The fourth-order valence-electron chi connectivity index (χ4n) is 5.70. The standard InChI is InChI=1S/C30H24ClNO2/c31-23-18-24-26-16-17-34-30(26,22-14-8-3-9-15-22)29(21-12-6-2-7-13-21)32-27(24)25(19-23)28(33)20-10-4-1-5-11-20/h1-15,18-19,26,29,32H,16-17H2/t26-,29-,30-/m0/s1. The number of hydrogen-bond donors (Lipinski definition) is 1. The molecular weight excluding hydrogens is 442 g/mol. The zero-order valence-corrected chi connectivity index (χ0v) is 19.3. The number of halogens is 1. The predicted molar refractivity (Wildman–Crippen MR) is 136 cm³/mol. The van der Waals surface area contributed by atoms with Gasteiger partial charge in [-0.25, -0.2) is 0 Å². The molecule has 0 spiro atoms. The largest absolute Gasteiger partial charge is 0.374 e. The summed E-state index contributed by atoms with van der Waals surface area (Å²) in [6.45, 7) is 0.637. The minimum absolute atomic E-state index is 0.0372. The number of nitrogens with one attached hydrogen (secondary N) is 1. The molecular formula is C30H24ClNO2. The van der Waals surface area contributed by atoms with Crippen LogP contribution in [0.4, 0.5) is 5.69 Å². The summed E-state index contributed by atoms with van der Waals surface area (Å²) in [5.41, 5.74) is 4.79. The highest BCUT2D eigenvalue weighted by atomic mass is 35.5. The van der Waals surface area contributed by atoms with Crippen LogP contribution in [-0.4, -0.2) is 12.4 Å². The summed E-state index contributed by atoms with van der Waals surface area (Å²) in [7, 11) is 0. The van der Waals surface area contributed by atoms with Gasteiger partial charge in [0.05, 0.1) is 6.04 Å². The molecule has 0 amide bonds. The van der Waals surface area contributed by atoms with Gasteiger partial charge >= 0.3 is 0 Å². The van der Waals surface area contributed by atoms with Crippen molar-refractivity contribution in [2.45, 2.75) is 24.0 Å². The van der Waals surface area contributed by atoms with Crippen LogP contribution in [0.15, 0.2) is 103 Å². The predicted octanol–water partition coefficient (Wildman–Crippen LogP) is 7.14. The molecule has 6 rings (SSSR count). The number of benzene rings is 4. The third-order valence-electron chi connectivity index (χ3n) is 7.13. The van der Waals surface area contributed by atoms with Gasteiger partial charge < -0.3 is 10.1 Å². The molecule has 0 aromatic heterocycles. The number of rotatable bonds is 4. The first-order valence-corrected chi connectivity index (χ1v) is 12.0. The molecule has 4 aromatic carbocycles. The van der Waals surface area contributed by atoms with E-state index in [9.17, 15) is 4.79 Å². The zero-order valence-electron chi connectivity index (χ0n) is 18.6. The summed E-state index contributed by atoms with van der Waals surface area (Å²) in [6.07, 6.45) is 0.853. The first-order chi connectivity index (χ1) is 16.7. The quantitative estimate of drug-likeness (QED) is 0.325. The monoisotopic (exact) mass is 465 g/mol. The lowest BCUT2D eigenvalue weighted by molar-refractivity contribution is -0.0302. The van der Waals surface area contributed by atoms with Crippen LogP contribution in [-0.2, 0) is 10.3 Å². The lowest BCUT2D eigenvalue weighted by Gasteiger charge is -2.47. The Kier molecular flexibility index (Phi) is 5.24. The topological polar surface area (TPSA) is 38.3 Å². The average molecular weight is 466 g/mol. The fraction of sp³-hybridized carbons (Fsp3) is 0.167. The molecule has 0 bridgehead atoms. The van der Waals surface area contributed by atoms with Gasteiger partial charge in [-0.3, -0.25) is 4.79 Å². The zero-order chi connectivity index (χ0) is 23.1. The van der Waals surface area contributed by atoms with Crippen molar-refractivity contribution < 1.29 is 9.53 Å². The van der Waals surface area contributed by atoms with Gasteiger partial charge in [-0.1, -0.05) is 103 Å². The van der Waals surface area contributed by atoms with Gasteiger partial charge in [-0.2, -0.15) is 0 Å². The lowest BCUT2D eigenvalue weighted by atomic mass is 9.67. The molecule has 168 valence electrons. The van der Waals surface area contributed by atoms with E-state index in [1.54, 1.807) is 6.07 Å². The van der Waals surface area contributed by atoms with Crippen LogP contribution in [0.2, 0.25) is 5.02 Å². The van der Waals surface area contributed by atoms with Gasteiger partial charge in [0.25, 0.3) is 0 Å². The van der Waals surface area contributed by atoms with Crippen molar-refractivity contribution in [1.29, 1.82) is 0 Å². The van der Waals surface area contributed by atoms with Crippen LogP contribution in [0, 0.1) is 0 Å². The molecule has 1 saturated heterocycles. The number of fused-ring (bicyclic) bond motifs is 3. The minimum atomic E-state index is -0.604. The maximum Gasteiger partial charge on any atom is 0.195 e. The van der Waals surface area contributed by atoms with Crippen LogP contribution in [0.25, 0.3) is 0 Å². The highest BCUT2D eigenvalue weighted by Gasteiger charge is 2.56. The van der Waals surface area contributed by atoms with Crippen molar-refractivity contribution >= 4 is 23.1 Å². The molecule has 1 fully saturated rings. The van der Waals surface area contributed by atoms with E-state index < -0.39 is 5.60 Å². The lowest BCUT2D eigenvalue weighted by Crippen LogP contribution is -2.45. The van der Waals surface area contributed by atoms with E-state index in [-0.39, 0.29) is 17.7 Å². The third kappa shape index (κ3) is 3.27. The smallest absolute Gasteiger partial charge is 0.195 e. The molecule has 2 aliphatic rings. The molecule has 0 radical (unpaired) electrons. The van der Waals surface area contributed by atoms with E-state index in [0.29, 0.717) is 22.8 Å². The number of ether oxygens (including phenoxy) is 1. The van der Waals surface area contributed by atoms with Crippen molar-refractivity contribution in [3.8, 4) is 0 Å². The van der Waals surface area contributed by atoms with Crippen LogP contribution in [0.3, 0.4) is 0 Å². The maximum absolute atomic E-state index is 13.6. The molecule has 2 aliphatic heterocycles. The summed E-state index contributed by atoms with van der Waals surface area (Å²) in [5, 5.41) is 4.33. The molecule has 3 atom stereocenters. The number of ketones is 1. The number of carbonyl (C=O) groups is 1. The Morgan fingerprint density at radius 3 is 2.24 bits per heavy atom. The summed E-state index contributed by atoms with van der Waals surface area (Å²) in [4.78, 5) is 13.6. The van der Waals surface area contributed by atoms with E-state index in [1.807, 2.05) is 60.7 Å². The van der Waals surface area contributed by atoms with Crippen LogP contribution >= 0.6 is 11.6 Å². The van der Waals surface area contributed by atoms with Crippen molar-refractivity contribution in [2.24, 2.45) is 0 Å². The van der Waals surface area contributed by atoms with Crippen molar-refractivity contribution in [2.75, 3.05) is 11.9 Å². The molecule has 34 heavy (non-hydrogen) atoms. The van der Waals surface area contributed by atoms with Crippen molar-refractivity contribution in [1.82, 2.24) is 0 Å². The summed E-state index contributed by atoms with van der Waals surface area (Å²) in [6, 6.07) is 33.8. The Labute approximate surface area is 204 Å². The third-order valence-corrected chi connectivity index (χ3v) is 7.35. The van der Waals surface area contributed by atoms with Gasteiger partial charge in [0.15, 0.2) is 5.78 Å². The fourth-order valence-corrected chi connectivity index (χ4v) is 5.92. The molecule has 3 nitrogen and oxygen atoms in total. The molecule has 1 N–H and O–H groups in total. The minimum Gasteiger partial charge on any atom is -0.374 e. The first kappa shape index (κ1) is 21.2. The van der Waals surface area contributed by atoms with Gasteiger partial charge in [-0.05, 0) is 35.2 Å². The number of carbonyl (C=O) groups excluding carboxylic acids is 1. The van der Waals surface area contributed by atoms with E-state index in [4.69, 9.17) is 16.3 Å². The normalized spacial score (nSPS) is 23.0. The van der Waals surface area contributed by atoms with Gasteiger partial charge in [0.2, 0.25) is 0 Å². The SMILES string of the molecule is O=C(c1ccccc1)c1cc(Cl)cc2c1N[C@@H](c1ccccc1)[C@@]1(c3ccccc3)OCC[C@@H]21. The highest BCUT2D eigenvalue weighted by Crippen LogP contribution is 2.60. The first-order valence-electron chi connectivity index (χ1n) is 11.6. The second-order valence-corrected chi connectivity index (χ2v) is 9.39. The Morgan fingerprint density at radius 1 is 0.882 bits per heavy atom. The van der Waals surface area contributed by atoms with Crippen molar-refractivity contribution in [3.63, 3.8) is 0 Å². The van der Waals surface area contributed by atoms with E-state index in [0.717, 1.165) is 28.8 Å². The summed E-state index contributed by atoms with van der Waals surface area (Å²) >= 11 is 6.63. The van der Waals surface area contributed by atoms with Crippen LogP contribution < -0.4 is 5.32 Å². The molecule has 4 heteroatoms. The molecule has 2 heterocycles. The van der Waals surface area contributed by atoms with E-state index in [1.165, 1.54) is 0 Å². The molecule has 4 aromatic rings. The average Bonchev–Trinajstić information content (AvgIpc) is 3.36. The Morgan fingerprint density at radius 2 is 1.53 bits per heavy atom. The van der Waals surface area contributed by atoms with Gasteiger partial charge in [0, 0.05) is 34.4 Å². The van der Waals surface area contributed by atoms with Gasteiger partial charge in [0.1, 0.15) is 5.60 Å². The van der Waals surface area contributed by atoms with Gasteiger partial charge in [-0.15, -0.1) is 0 Å². The Hall–Kier alpha value is -3.40. The van der Waals surface area contributed by atoms with E-state index in [2.05, 4.69) is 41.7 Å². The summed E-state index contributed by atoms with van der Waals surface area (Å²) in [5.74, 6) is 0.0159. The number of anilines is 1. The summed E-state index contributed by atoms with van der Waals surface area (Å²) < 4.78 is 6.69. The highest BCUT2D eigenvalue weighted by molar-refractivity contribution is 6.31. The van der Waals surface area contributed by atoms with E-state index >= 15 is 0 Å². The Bertz CT molecular complexity index is 1340. The number of hydrogen-bond acceptors (Lipinski definition) is 3. The van der Waals surface area contributed by atoms with Crippen LogP contribution in [0.1, 0.15) is 51.0 Å². The van der Waals surface area contributed by atoms with Crippen molar-refractivity contribution in [3.05, 3.63) is 136 Å². The Balaban J connectivity index is 1.59. The second kappa shape index (κ2) is 8.43. The molecule has 0 aliphatic carbocycles.